The Kier molecular flexibility index (Phi) is 4.60. The van der Waals surface area contributed by atoms with E-state index in [4.69, 9.17) is 5.73 Å². The molecule has 3 N–H and O–H groups in total. The first-order valence-electron chi connectivity index (χ1n) is 8.18. The average molecular weight is 307 g/mol. The topological polar surface area (TPSA) is 68.0 Å². The van der Waals surface area contributed by atoms with E-state index in [1.54, 1.807) is 6.20 Å². The van der Waals surface area contributed by atoms with Crippen LogP contribution >= 0.6 is 11.3 Å². The highest BCUT2D eigenvalue weighted by atomic mass is 32.1. The summed E-state index contributed by atoms with van der Waals surface area (Å²) in [4.78, 5) is 17.6. The maximum Gasteiger partial charge on any atom is 0.263 e. The fourth-order valence-corrected chi connectivity index (χ4v) is 4.91. The van der Waals surface area contributed by atoms with E-state index in [1.165, 1.54) is 30.6 Å². The first-order chi connectivity index (χ1) is 10.2. The third-order valence-corrected chi connectivity index (χ3v) is 5.97. The number of aromatic nitrogens is 1. The number of carbonyl (C=O) groups is 1. The van der Waals surface area contributed by atoms with Crippen LogP contribution in [-0.2, 0) is 6.42 Å². The molecule has 2 atom stereocenters. The molecule has 1 aromatic heterocycles. The van der Waals surface area contributed by atoms with Gasteiger partial charge in [-0.25, -0.2) is 4.98 Å². The van der Waals surface area contributed by atoms with Crippen molar-refractivity contribution in [3.05, 3.63) is 16.1 Å². The smallest absolute Gasteiger partial charge is 0.263 e. The van der Waals surface area contributed by atoms with Crippen LogP contribution in [0.1, 0.15) is 60.1 Å². The first kappa shape index (κ1) is 15.0. The quantitative estimate of drug-likeness (QED) is 0.898. The molecule has 2 unspecified atom stereocenters. The molecule has 0 saturated heterocycles. The molecule has 0 aliphatic heterocycles. The summed E-state index contributed by atoms with van der Waals surface area (Å²) in [5.74, 6) is 1.20. The van der Waals surface area contributed by atoms with Gasteiger partial charge in [0.15, 0.2) is 0 Å². The highest BCUT2D eigenvalue weighted by Crippen LogP contribution is 2.39. The third kappa shape index (κ3) is 3.29. The summed E-state index contributed by atoms with van der Waals surface area (Å²) in [5, 5.41) is 4.35. The van der Waals surface area contributed by atoms with Crippen molar-refractivity contribution in [3.8, 4) is 0 Å². The highest BCUT2D eigenvalue weighted by Gasteiger charge is 2.40. The molecule has 2 aliphatic carbocycles. The molecule has 1 aromatic rings. The number of hydrogen-bond acceptors (Lipinski definition) is 4. The Bertz CT molecular complexity index is 487. The Balaban J connectivity index is 1.66. The molecule has 0 aromatic carbocycles. The lowest BCUT2D eigenvalue weighted by molar-refractivity contribution is 0.0759. The van der Waals surface area contributed by atoms with E-state index in [0.29, 0.717) is 23.9 Å². The lowest BCUT2D eigenvalue weighted by Gasteiger charge is -2.45. The van der Waals surface area contributed by atoms with Gasteiger partial charge in [0, 0.05) is 12.1 Å². The second kappa shape index (κ2) is 6.44. The van der Waals surface area contributed by atoms with Gasteiger partial charge in [0.05, 0.1) is 11.2 Å². The molecule has 116 valence electrons. The fourth-order valence-electron chi connectivity index (χ4n) is 3.99. The predicted octanol–water partition coefficient (Wildman–Crippen LogP) is 2.73. The molecular formula is C16H25N3OS. The maximum atomic E-state index is 12.5. The minimum absolute atomic E-state index is 0.0622. The molecule has 2 saturated carbocycles. The second-order valence-corrected chi connectivity index (χ2v) is 7.67. The van der Waals surface area contributed by atoms with E-state index in [-0.39, 0.29) is 5.91 Å². The monoisotopic (exact) mass is 307 g/mol. The van der Waals surface area contributed by atoms with Crippen LogP contribution in [0.2, 0.25) is 0 Å². The summed E-state index contributed by atoms with van der Waals surface area (Å²) < 4.78 is 0. The zero-order valence-electron chi connectivity index (χ0n) is 12.7. The molecule has 1 heterocycles. The third-order valence-electron chi connectivity index (χ3n) is 4.92. The first-order valence-corrected chi connectivity index (χ1v) is 9.00. The van der Waals surface area contributed by atoms with Gasteiger partial charge < -0.3 is 11.1 Å². The van der Waals surface area contributed by atoms with Crippen LogP contribution in [0, 0.1) is 11.8 Å². The van der Waals surface area contributed by atoms with E-state index < -0.39 is 0 Å². The number of nitrogens with two attached hydrogens (primary N) is 1. The molecule has 3 rings (SSSR count). The zero-order valence-corrected chi connectivity index (χ0v) is 13.5. The summed E-state index contributed by atoms with van der Waals surface area (Å²) in [6, 6.07) is 0.649. The van der Waals surface area contributed by atoms with Gasteiger partial charge in [-0.3, -0.25) is 4.79 Å². The van der Waals surface area contributed by atoms with Gasteiger partial charge in [-0.2, -0.15) is 0 Å². The van der Waals surface area contributed by atoms with Crippen LogP contribution in [0.5, 0.6) is 0 Å². The molecule has 21 heavy (non-hydrogen) atoms. The van der Waals surface area contributed by atoms with Crippen molar-refractivity contribution in [2.24, 2.45) is 17.6 Å². The second-order valence-electron chi connectivity index (χ2n) is 6.55. The molecule has 5 heteroatoms. The van der Waals surface area contributed by atoms with Crippen molar-refractivity contribution in [1.82, 2.24) is 10.3 Å². The van der Waals surface area contributed by atoms with Crippen molar-refractivity contribution >= 4 is 17.2 Å². The van der Waals surface area contributed by atoms with Crippen LogP contribution in [0.15, 0.2) is 6.20 Å². The molecule has 0 spiro atoms. The normalized spacial score (nSPS) is 31.9. The van der Waals surface area contributed by atoms with Crippen molar-refractivity contribution < 1.29 is 4.79 Å². The number of amides is 1. The van der Waals surface area contributed by atoms with Crippen molar-refractivity contribution in [1.29, 1.82) is 0 Å². The Morgan fingerprint density at radius 1 is 1.43 bits per heavy atom. The number of rotatable bonds is 4. The van der Waals surface area contributed by atoms with Gasteiger partial charge in [-0.05, 0) is 50.4 Å². The van der Waals surface area contributed by atoms with Gasteiger partial charge in [-0.15, -0.1) is 11.3 Å². The molecule has 4 nitrogen and oxygen atoms in total. The van der Waals surface area contributed by atoms with E-state index in [1.807, 2.05) is 0 Å². The average Bonchev–Trinajstić information content (AvgIpc) is 2.89. The summed E-state index contributed by atoms with van der Waals surface area (Å²) in [6.07, 6.45) is 9.58. The SMILES string of the molecule is CCCc1ncc(C(=O)NC2C3CCCC2CC(N)C3)s1. The number of hydrogen-bond donors (Lipinski definition) is 2. The Labute approximate surface area is 130 Å². The minimum atomic E-state index is 0.0622. The predicted molar refractivity (Wildman–Crippen MR) is 85.4 cm³/mol. The standard InChI is InChI=1S/C16H25N3OS/c1-2-4-14-18-9-13(21-14)16(20)19-15-10-5-3-6-11(15)8-12(17)7-10/h9-12,15H,2-8,17H2,1H3,(H,19,20). The van der Waals surface area contributed by atoms with Crippen LogP contribution in [0.4, 0.5) is 0 Å². The molecule has 0 radical (unpaired) electrons. The number of thiazole rings is 1. The zero-order chi connectivity index (χ0) is 14.8. The number of nitrogens with zero attached hydrogens (tertiary/aromatic N) is 1. The summed E-state index contributed by atoms with van der Waals surface area (Å²) in [7, 11) is 0. The molecular weight excluding hydrogens is 282 g/mol. The lowest BCUT2D eigenvalue weighted by Crippen LogP contribution is -2.53. The molecule has 2 aliphatic rings. The summed E-state index contributed by atoms with van der Waals surface area (Å²) >= 11 is 1.53. The van der Waals surface area contributed by atoms with Gasteiger partial charge in [0.1, 0.15) is 4.88 Å². The number of aryl methyl sites for hydroxylation is 1. The molecule has 1 amide bonds. The Hall–Kier alpha value is -0.940. The highest BCUT2D eigenvalue weighted by molar-refractivity contribution is 7.13. The van der Waals surface area contributed by atoms with Crippen LogP contribution in [-0.4, -0.2) is 23.0 Å². The molecule has 2 fully saturated rings. The Morgan fingerprint density at radius 2 is 2.14 bits per heavy atom. The number of carbonyl (C=O) groups excluding carboxylic acids is 1. The summed E-state index contributed by atoms with van der Waals surface area (Å²) in [5.41, 5.74) is 6.15. The van der Waals surface area contributed by atoms with Crippen LogP contribution in [0.25, 0.3) is 0 Å². The lowest BCUT2D eigenvalue weighted by atomic mass is 9.67. The van der Waals surface area contributed by atoms with Gasteiger partial charge in [0.2, 0.25) is 0 Å². The van der Waals surface area contributed by atoms with Crippen LogP contribution in [0.3, 0.4) is 0 Å². The van der Waals surface area contributed by atoms with Crippen molar-refractivity contribution in [3.63, 3.8) is 0 Å². The number of nitrogens with one attached hydrogen (secondary N) is 1. The van der Waals surface area contributed by atoms with Crippen molar-refractivity contribution in [2.45, 2.75) is 64.0 Å². The van der Waals surface area contributed by atoms with Gasteiger partial charge in [0.25, 0.3) is 5.91 Å². The van der Waals surface area contributed by atoms with E-state index in [2.05, 4.69) is 17.2 Å². The maximum absolute atomic E-state index is 12.5. The van der Waals surface area contributed by atoms with E-state index in [9.17, 15) is 4.79 Å². The van der Waals surface area contributed by atoms with E-state index in [0.717, 1.165) is 35.6 Å². The van der Waals surface area contributed by atoms with Gasteiger partial charge in [-0.1, -0.05) is 13.3 Å². The largest absolute Gasteiger partial charge is 0.348 e. The number of fused-ring (bicyclic) bond motifs is 2. The molecule has 2 bridgehead atoms. The summed E-state index contributed by atoms with van der Waals surface area (Å²) in [6.45, 7) is 2.13. The van der Waals surface area contributed by atoms with E-state index >= 15 is 0 Å². The fraction of sp³-hybridized carbons (Fsp3) is 0.750. The van der Waals surface area contributed by atoms with Crippen molar-refractivity contribution in [2.75, 3.05) is 0 Å². The Morgan fingerprint density at radius 3 is 2.81 bits per heavy atom. The minimum Gasteiger partial charge on any atom is -0.348 e. The van der Waals surface area contributed by atoms with Crippen LogP contribution < -0.4 is 11.1 Å². The van der Waals surface area contributed by atoms with Gasteiger partial charge >= 0.3 is 0 Å².